The second-order valence-electron chi connectivity index (χ2n) is 0.822. The van der Waals surface area contributed by atoms with Gasteiger partial charge in [0.25, 0.3) is 0 Å². The molecule has 0 bridgehead atoms. The van der Waals surface area contributed by atoms with E-state index in [0.29, 0.717) is 6.54 Å². The fourth-order valence-corrected chi connectivity index (χ4v) is 0.118. The molecule has 0 aliphatic rings. The molecule has 0 fully saturated rings. The number of rotatable bonds is 2. The normalized spacial score (nSPS) is 6.83. The van der Waals surface area contributed by atoms with E-state index in [9.17, 15) is 0 Å². The van der Waals surface area contributed by atoms with Crippen LogP contribution in [0, 0.1) is 6.42 Å². The molecule has 0 rings (SSSR count). The first-order valence-electron chi connectivity index (χ1n) is 1.70. The number of nitrogens with zero attached hydrogens (tertiary/aromatic N) is 3. The molecule has 0 unspecified atom stereocenters. The monoisotopic (exact) mass is 84.1 g/mol. The van der Waals surface area contributed by atoms with Gasteiger partial charge >= 0.3 is 0 Å². The number of hydrogen-bond acceptors (Lipinski definition) is 1. The van der Waals surface area contributed by atoms with Crippen LogP contribution in [0.4, 0.5) is 0 Å². The van der Waals surface area contributed by atoms with Crippen molar-refractivity contribution in [2.45, 2.75) is 6.92 Å². The van der Waals surface area contributed by atoms with E-state index >= 15 is 0 Å². The van der Waals surface area contributed by atoms with Gasteiger partial charge in [-0.2, -0.15) is 0 Å². The summed E-state index contributed by atoms with van der Waals surface area (Å²) in [5, 5.41) is 3.22. The van der Waals surface area contributed by atoms with Crippen LogP contribution in [0.2, 0.25) is 0 Å². The summed E-state index contributed by atoms with van der Waals surface area (Å²) in [6.07, 6.45) is 1.79. The SMILES string of the molecule is C[CH]CN=[N+]=[N-]. The lowest BCUT2D eigenvalue weighted by Gasteiger charge is -1.71. The third-order valence-electron chi connectivity index (χ3n) is 0.327. The topological polar surface area (TPSA) is 48.8 Å². The molecule has 0 saturated carbocycles. The van der Waals surface area contributed by atoms with Gasteiger partial charge in [-0.15, -0.1) is 0 Å². The molecule has 1 radical (unpaired) electrons. The first-order valence-corrected chi connectivity index (χ1v) is 1.70. The van der Waals surface area contributed by atoms with Gasteiger partial charge in [-0.25, -0.2) is 0 Å². The summed E-state index contributed by atoms with van der Waals surface area (Å²) in [5.41, 5.74) is 7.64. The van der Waals surface area contributed by atoms with Crippen molar-refractivity contribution in [2.24, 2.45) is 5.11 Å². The molecule has 0 aromatic heterocycles. The van der Waals surface area contributed by atoms with Gasteiger partial charge in [0.1, 0.15) is 0 Å². The molecule has 0 spiro atoms. The van der Waals surface area contributed by atoms with E-state index in [1.807, 2.05) is 6.92 Å². The highest BCUT2D eigenvalue weighted by Crippen LogP contribution is 1.72. The molecular weight excluding hydrogens is 78.1 g/mol. The molecule has 0 N–H and O–H groups in total. The maximum atomic E-state index is 7.64. The molecule has 0 heterocycles. The van der Waals surface area contributed by atoms with E-state index < -0.39 is 0 Å². The van der Waals surface area contributed by atoms with E-state index in [-0.39, 0.29) is 0 Å². The van der Waals surface area contributed by atoms with Gasteiger partial charge < -0.3 is 0 Å². The van der Waals surface area contributed by atoms with Crippen LogP contribution in [-0.2, 0) is 0 Å². The standard InChI is InChI=1S/C3H6N3/c1-2-3-5-6-4/h2H,3H2,1H3. The van der Waals surface area contributed by atoms with E-state index in [0.717, 1.165) is 0 Å². The van der Waals surface area contributed by atoms with Crippen LogP contribution in [0.1, 0.15) is 6.92 Å². The minimum atomic E-state index is 0.497. The Morgan fingerprint density at radius 1 is 2.00 bits per heavy atom. The van der Waals surface area contributed by atoms with Gasteiger partial charge in [-0.1, -0.05) is 12.0 Å². The first-order chi connectivity index (χ1) is 2.91. The van der Waals surface area contributed by atoms with Crippen molar-refractivity contribution in [3.05, 3.63) is 16.9 Å². The Kier molecular flexibility index (Phi) is 3.81. The minimum Gasteiger partial charge on any atom is -0.0937 e. The molecule has 0 saturated heterocycles. The predicted molar refractivity (Wildman–Crippen MR) is 24.0 cm³/mol. The summed E-state index contributed by atoms with van der Waals surface area (Å²) >= 11 is 0. The van der Waals surface area contributed by atoms with Gasteiger partial charge in [0.15, 0.2) is 0 Å². The quantitative estimate of drug-likeness (QED) is 0.276. The Hall–Kier alpha value is -0.690. The average molecular weight is 84.1 g/mol. The molecule has 0 aromatic carbocycles. The van der Waals surface area contributed by atoms with Crippen molar-refractivity contribution in [1.29, 1.82) is 0 Å². The van der Waals surface area contributed by atoms with Crippen LogP contribution in [0.5, 0.6) is 0 Å². The highest BCUT2D eigenvalue weighted by Gasteiger charge is 1.66. The highest BCUT2D eigenvalue weighted by molar-refractivity contribution is 4.58. The van der Waals surface area contributed by atoms with Crippen molar-refractivity contribution in [3.8, 4) is 0 Å². The zero-order chi connectivity index (χ0) is 4.83. The van der Waals surface area contributed by atoms with Gasteiger partial charge in [0, 0.05) is 11.5 Å². The number of hydrogen-bond donors (Lipinski definition) is 0. The van der Waals surface area contributed by atoms with Crippen molar-refractivity contribution >= 4 is 0 Å². The average Bonchev–Trinajstić information content (AvgIpc) is 1.61. The second kappa shape index (κ2) is 4.31. The number of azide groups is 1. The third-order valence-corrected chi connectivity index (χ3v) is 0.327. The van der Waals surface area contributed by atoms with Crippen LogP contribution >= 0.6 is 0 Å². The third kappa shape index (κ3) is 3.31. The molecular formula is C3H6N3. The molecule has 33 valence electrons. The van der Waals surface area contributed by atoms with Gasteiger partial charge in [0.2, 0.25) is 0 Å². The summed E-state index contributed by atoms with van der Waals surface area (Å²) in [6, 6.07) is 0. The van der Waals surface area contributed by atoms with Crippen LogP contribution in [0.15, 0.2) is 5.11 Å². The lowest BCUT2D eigenvalue weighted by Crippen LogP contribution is -1.67. The maximum Gasteiger partial charge on any atom is 0.0286 e. The van der Waals surface area contributed by atoms with Crippen molar-refractivity contribution in [3.63, 3.8) is 0 Å². The fraction of sp³-hybridized carbons (Fsp3) is 0.667. The fourth-order valence-electron chi connectivity index (χ4n) is 0.118. The summed E-state index contributed by atoms with van der Waals surface area (Å²) < 4.78 is 0. The predicted octanol–water partition coefficient (Wildman–Crippen LogP) is 1.52. The van der Waals surface area contributed by atoms with Crippen LogP contribution in [0.3, 0.4) is 0 Å². The molecule has 0 atom stereocenters. The van der Waals surface area contributed by atoms with Crippen molar-refractivity contribution in [1.82, 2.24) is 0 Å². The summed E-state index contributed by atoms with van der Waals surface area (Å²) in [4.78, 5) is 2.52. The molecule has 0 amide bonds. The van der Waals surface area contributed by atoms with E-state index in [2.05, 4.69) is 10.0 Å². The Balaban J connectivity index is 2.86. The minimum absolute atomic E-state index is 0.497. The van der Waals surface area contributed by atoms with Crippen LogP contribution in [0.25, 0.3) is 10.4 Å². The van der Waals surface area contributed by atoms with Crippen molar-refractivity contribution < 1.29 is 0 Å². The van der Waals surface area contributed by atoms with E-state index in [1.165, 1.54) is 0 Å². The molecule has 0 aliphatic heterocycles. The van der Waals surface area contributed by atoms with Gasteiger partial charge in [-0.05, 0) is 12.0 Å². The largest absolute Gasteiger partial charge is 0.0937 e. The molecule has 0 aliphatic carbocycles. The molecule has 6 heavy (non-hydrogen) atoms. The zero-order valence-corrected chi connectivity index (χ0v) is 3.63. The van der Waals surface area contributed by atoms with Crippen LogP contribution < -0.4 is 0 Å². The molecule has 3 heteroatoms. The summed E-state index contributed by atoms with van der Waals surface area (Å²) in [6.45, 7) is 2.34. The second-order valence-corrected chi connectivity index (χ2v) is 0.822. The highest BCUT2D eigenvalue weighted by atomic mass is 15.1. The zero-order valence-electron chi connectivity index (χ0n) is 3.63. The van der Waals surface area contributed by atoms with E-state index in [4.69, 9.17) is 5.53 Å². The summed E-state index contributed by atoms with van der Waals surface area (Å²) in [5.74, 6) is 0. The molecule has 0 aromatic rings. The Morgan fingerprint density at radius 2 is 2.67 bits per heavy atom. The van der Waals surface area contributed by atoms with Crippen molar-refractivity contribution in [2.75, 3.05) is 6.54 Å². The molecule has 3 nitrogen and oxygen atoms in total. The Bertz CT molecular complexity index is 62.4. The smallest absolute Gasteiger partial charge is 0.0286 e. The summed E-state index contributed by atoms with van der Waals surface area (Å²) in [7, 11) is 0. The lowest BCUT2D eigenvalue weighted by molar-refractivity contribution is 1.11. The Morgan fingerprint density at radius 3 is 2.83 bits per heavy atom. The van der Waals surface area contributed by atoms with E-state index in [1.54, 1.807) is 6.42 Å². The van der Waals surface area contributed by atoms with Gasteiger partial charge in [0.05, 0.1) is 0 Å². The van der Waals surface area contributed by atoms with Gasteiger partial charge in [-0.3, -0.25) is 0 Å². The lowest BCUT2D eigenvalue weighted by atomic mass is 10.5. The van der Waals surface area contributed by atoms with Crippen LogP contribution in [-0.4, -0.2) is 6.54 Å². The first kappa shape index (κ1) is 5.31. The maximum absolute atomic E-state index is 7.64. The Labute approximate surface area is 36.6 Å².